The molecular weight excluding hydrogens is 200 g/mol. The maximum absolute atomic E-state index is 10.0. The van der Waals surface area contributed by atoms with E-state index in [1.165, 1.54) is 12.8 Å². The molecule has 0 aliphatic heterocycles. The number of hydrogen-bond donors (Lipinski definition) is 2. The first-order valence-corrected chi connectivity index (χ1v) is 6.13. The molecule has 1 heterocycles. The maximum Gasteiger partial charge on any atom is 0.0741 e. The van der Waals surface area contributed by atoms with E-state index in [1.807, 2.05) is 19.1 Å². The SMILES string of the molecule is Cc1cc(NC2CCCCCC2O)ccn1. The van der Waals surface area contributed by atoms with Crippen LogP contribution in [0.15, 0.2) is 18.3 Å². The van der Waals surface area contributed by atoms with Crippen LogP contribution < -0.4 is 5.32 Å². The van der Waals surface area contributed by atoms with Crippen LogP contribution in [0, 0.1) is 6.92 Å². The summed E-state index contributed by atoms with van der Waals surface area (Å²) in [6, 6.07) is 4.19. The Labute approximate surface area is 96.9 Å². The summed E-state index contributed by atoms with van der Waals surface area (Å²) >= 11 is 0. The van der Waals surface area contributed by atoms with Gasteiger partial charge < -0.3 is 10.4 Å². The van der Waals surface area contributed by atoms with Gasteiger partial charge in [-0.25, -0.2) is 0 Å². The summed E-state index contributed by atoms with van der Waals surface area (Å²) in [6.07, 6.45) is 7.17. The molecule has 2 rings (SSSR count). The molecule has 2 unspecified atom stereocenters. The first-order chi connectivity index (χ1) is 7.75. The van der Waals surface area contributed by atoms with E-state index < -0.39 is 0 Å². The summed E-state index contributed by atoms with van der Waals surface area (Å²) < 4.78 is 0. The zero-order valence-electron chi connectivity index (χ0n) is 9.82. The number of anilines is 1. The summed E-state index contributed by atoms with van der Waals surface area (Å²) in [4.78, 5) is 4.17. The Hall–Kier alpha value is -1.09. The highest BCUT2D eigenvalue weighted by molar-refractivity contribution is 5.44. The summed E-state index contributed by atoms with van der Waals surface area (Å²) in [5.41, 5.74) is 2.08. The van der Waals surface area contributed by atoms with Crippen molar-refractivity contribution in [2.24, 2.45) is 0 Å². The standard InChI is InChI=1S/C13H20N2O/c1-10-9-11(7-8-14-10)15-12-5-3-2-4-6-13(12)16/h7-9,12-13,16H,2-6H2,1H3,(H,14,15). The van der Waals surface area contributed by atoms with E-state index in [4.69, 9.17) is 0 Å². The minimum atomic E-state index is -0.212. The summed E-state index contributed by atoms with van der Waals surface area (Å²) in [6.45, 7) is 1.98. The van der Waals surface area contributed by atoms with Crippen LogP contribution in [0.4, 0.5) is 5.69 Å². The molecule has 1 aromatic heterocycles. The summed E-state index contributed by atoms with van der Waals surface area (Å²) in [7, 11) is 0. The highest BCUT2D eigenvalue weighted by Gasteiger charge is 2.21. The van der Waals surface area contributed by atoms with Gasteiger partial charge in [0.2, 0.25) is 0 Å². The number of hydrogen-bond acceptors (Lipinski definition) is 3. The highest BCUT2D eigenvalue weighted by Crippen LogP contribution is 2.21. The molecule has 16 heavy (non-hydrogen) atoms. The zero-order valence-corrected chi connectivity index (χ0v) is 9.82. The molecule has 1 aliphatic carbocycles. The largest absolute Gasteiger partial charge is 0.391 e. The Bertz CT molecular complexity index is 340. The van der Waals surface area contributed by atoms with Gasteiger partial charge in [0, 0.05) is 17.6 Å². The Balaban J connectivity index is 2.02. The lowest BCUT2D eigenvalue weighted by Crippen LogP contribution is -2.32. The van der Waals surface area contributed by atoms with Crippen molar-refractivity contribution >= 4 is 5.69 Å². The van der Waals surface area contributed by atoms with Crippen molar-refractivity contribution in [2.75, 3.05) is 5.32 Å². The number of aromatic nitrogens is 1. The highest BCUT2D eigenvalue weighted by atomic mass is 16.3. The lowest BCUT2D eigenvalue weighted by atomic mass is 10.1. The minimum Gasteiger partial charge on any atom is -0.391 e. The molecule has 3 nitrogen and oxygen atoms in total. The van der Waals surface area contributed by atoms with Gasteiger partial charge in [0.05, 0.1) is 12.1 Å². The van der Waals surface area contributed by atoms with E-state index in [9.17, 15) is 5.11 Å². The molecule has 0 amide bonds. The Kier molecular flexibility index (Phi) is 3.78. The van der Waals surface area contributed by atoms with Crippen LogP contribution in [0.25, 0.3) is 0 Å². The molecule has 0 bridgehead atoms. The van der Waals surface area contributed by atoms with Crippen LogP contribution in [0.1, 0.15) is 37.8 Å². The fourth-order valence-corrected chi connectivity index (χ4v) is 2.31. The van der Waals surface area contributed by atoms with E-state index in [1.54, 1.807) is 6.20 Å². The number of nitrogens with zero attached hydrogens (tertiary/aromatic N) is 1. The van der Waals surface area contributed by atoms with Crippen molar-refractivity contribution in [1.82, 2.24) is 4.98 Å². The van der Waals surface area contributed by atoms with Crippen molar-refractivity contribution in [3.8, 4) is 0 Å². The van der Waals surface area contributed by atoms with E-state index in [0.29, 0.717) is 0 Å². The first kappa shape index (κ1) is 11.4. The Morgan fingerprint density at radius 2 is 2.12 bits per heavy atom. The van der Waals surface area contributed by atoms with Crippen LogP contribution in [-0.2, 0) is 0 Å². The average Bonchev–Trinajstić information content (AvgIpc) is 2.45. The van der Waals surface area contributed by atoms with Crippen molar-refractivity contribution in [3.63, 3.8) is 0 Å². The molecule has 2 atom stereocenters. The van der Waals surface area contributed by atoms with E-state index >= 15 is 0 Å². The van der Waals surface area contributed by atoms with Gasteiger partial charge >= 0.3 is 0 Å². The smallest absolute Gasteiger partial charge is 0.0741 e. The Morgan fingerprint density at radius 3 is 2.94 bits per heavy atom. The molecule has 1 aliphatic rings. The van der Waals surface area contributed by atoms with Crippen LogP contribution in [0.5, 0.6) is 0 Å². The molecule has 0 radical (unpaired) electrons. The third-order valence-corrected chi connectivity index (χ3v) is 3.23. The minimum absolute atomic E-state index is 0.198. The second-order valence-electron chi connectivity index (χ2n) is 4.64. The van der Waals surface area contributed by atoms with Crippen molar-refractivity contribution in [3.05, 3.63) is 24.0 Å². The number of rotatable bonds is 2. The zero-order chi connectivity index (χ0) is 11.4. The summed E-state index contributed by atoms with van der Waals surface area (Å²) in [5.74, 6) is 0. The van der Waals surface area contributed by atoms with Crippen LogP contribution in [0.3, 0.4) is 0 Å². The lowest BCUT2D eigenvalue weighted by Gasteiger charge is -2.22. The number of pyridine rings is 1. The van der Waals surface area contributed by atoms with Crippen LogP contribution in [-0.4, -0.2) is 22.2 Å². The third-order valence-electron chi connectivity index (χ3n) is 3.23. The van der Waals surface area contributed by atoms with Crippen LogP contribution >= 0.6 is 0 Å². The summed E-state index contributed by atoms with van der Waals surface area (Å²) in [5, 5.41) is 13.4. The second-order valence-corrected chi connectivity index (χ2v) is 4.64. The molecule has 88 valence electrons. The van der Waals surface area contributed by atoms with Gasteiger partial charge in [0.25, 0.3) is 0 Å². The third kappa shape index (κ3) is 2.95. The topological polar surface area (TPSA) is 45.1 Å². The lowest BCUT2D eigenvalue weighted by molar-refractivity contribution is 0.144. The Morgan fingerprint density at radius 1 is 1.31 bits per heavy atom. The average molecular weight is 220 g/mol. The van der Waals surface area contributed by atoms with Gasteiger partial charge in [-0.2, -0.15) is 0 Å². The maximum atomic E-state index is 10.0. The first-order valence-electron chi connectivity index (χ1n) is 6.13. The number of aliphatic hydroxyl groups is 1. The van der Waals surface area contributed by atoms with Crippen molar-refractivity contribution < 1.29 is 5.11 Å². The quantitative estimate of drug-likeness (QED) is 0.753. The van der Waals surface area contributed by atoms with Crippen molar-refractivity contribution in [1.29, 1.82) is 0 Å². The molecule has 1 saturated carbocycles. The fraction of sp³-hybridized carbons (Fsp3) is 0.615. The predicted octanol–water partition coefficient (Wildman–Crippen LogP) is 2.50. The molecular formula is C13H20N2O. The number of nitrogens with one attached hydrogen (secondary N) is 1. The predicted molar refractivity (Wildman–Crippen MR) is 65.5 cm³/mol. The van der Waals surface area contributed by atoms with Gasteiger partial charge in [0.15, 0.2) is 0 Å². The van der Waals surface area contributed by atoms with E-state index in [2.05, 4.69) is 10.3 Å². The fourth-order valence-electron chi connectivity index (χ4n) is 2.31. The molecule has 2 N–H and O–H groups in total. The normalized spacial score (nSPS) is 26.1. The monoisotopic (exact) mass is 220 g/mol. The van der Waals surface area contributed by atoms with E-state index in [-0.39, 0.29) is 12.1 Å². The second kappa shape index (κ2) is 5.30. The molecule has 1 aromatic rings. The number of aliphatic hydroxyl groups excluding tert-OH is 1. The molecule has 3 heteroatoms. The molecule has 0 aromatic carbocycles. The molecule has 0 spiro atoms. The van der Waals surface area contributed by atoms with Gasteiger partial charge in [-0.05, 0) is 31.9 Å². The van der Waals surface area contributed by atoms with Crippen molar-refractivity contribution in [2.45, 2.75) is 51.2 Å². The molecule has 1 fully saturated rings. The molecule has 0 saturated heterocycles. The van der Waals surface area contributed by atoms with Crippen LogP contribution in [0.2, 0.25) is 0 Å². The van der Waals surface area contributed by atoms with Gasteiger partial charge in [-0.1, -0.05) is 19.3 Å². The van der Waals surface area contributed by atoms with Gasteiger partial charge in [0.1, 0.15) is 0 Å². The number of aryl methyl sites for hydroxylation is 1. The van der Waals surface area contributed by atoms with Gasteiger partial charge in [-0.15, -0.1) is 0 Å². The van der Waals surface area contributed by atoms with E-state index in [0.717, 1.165) is 30.6 Å². The van der Waals surface area contributed by atoms with Gasteiger partial charge in [-0.3, -0.25) is 4.98 Å².